The molecule has 0 fully saturated rings. The number of aryl methyl sites for hydroxylation is 2. The van der Waals surface area contributed by atoms with Crippen LogP contribution in [0.15, 0.2) is 12.3 Å². The second-order valence-electron chi connectivity index (χ2n) is 4.59. The molecule has 1 atom stereocenters. The van der Waals surface area contributed by atoms with E-state index in [1.165, 1.54) is 29.8 Å². The van der Waals surface area contributed by atoms with E-state index in [1.54, 1.807) is 0 Å². The molecule has 0 radical (unpaired) electrons. The second-order valence-corrected chi connectivity index (χ2v) is 5.68. The zero-order valence-corrected chi connectivity index (χ0v) is 11.6. The minimum Gasteiger partial charge on any atom is -0.312 e. The highest BCUT2D eigenvalue weighted by Crippen LogP contribution is 2.36. The molecule has 0 amide bonds. The third kappa shape index (κ3) is 1.87. The SMILES string of the molecule is CCn1nccc1-c1nc2c(s1)CCCC2NC. The molecule has 0 saturated carbocycles. The monoisotopic (exact) mass is 262 g/mol. The third-order valence-corrected chi connectivity index (χ3v) is 4.69. The Morgan fingerprint density at radius 3 is 3.22 bits per heavy atom. The summed E-state index contributed by atoms with van der Waals surface area (Å²) in [5.41, 5.74) is 2.40. The van der Waals surface area contributed by atoms with Crippen LogP contribution in [0.2, 0.25) is 0 Å². The van der Waals surface area contributed by atoms with E-state index in [1.807, 2.05) is 29.3 Å². The van der Waals surface area contributed by atoms with Crippen molar-refractivity contribution in [3.63, 3.8) is 0 Å². The fourth-order valence-corrected chi connectivity index (χ4v) is 3.77. The molecular weight excluding hydrogens is 244 g/mol. The molecule has 2 aromatic heterocycles. The standard InChI is InChI=1S/C13H18N4S/c1-3-17-10(7-8-15-17)13-16-12-9(14-2)5-4-6-11(12)18-13/h7-9,14H,3-6H2,1-2H3. The Labute approximate surface area is 111 Å². The van der Waals surface area contributed by atoms with Gasteiger partial charge in [-0.05, 0) is 39.3 Å². The van der Waals surface area contributed by atoms with E-state index in [2.05, 4.69) is 23.4 Å². The minimum atomic E-state index is 0.428. The Balaban J connectivity index is 2.02. The maximum Gasteiger partial charge on any atom is 0.142 e. The molecule has 2 aromatic rings. The number of fused-ring (bicyclic) bond motifs is 1. The molecule has 0 aliphatic heterocycles. The lowest BCUT2D eigenvalue weighted by molar-refractivity contribution is 0.490. The van der Waals surface area contributed by atoms with Crippen LogP contribution in [0.4, 0.5) is 0 Å². The van der Waals surface area contributed by atoms with Crippen LogP contribution >= 0.6 is 11.3 Å². The maximum absolute atomic E-state index is 4.85. The topological polar surface area (TPSA) is 42.7 Å². The highest BCUT2D eigenvalue weighted by molar-refractivity contribution is 7.15. The molecule has 5 heteroatoms. The number of nitrogens with one attached hydrogen (secondary N) is 1. The second kappa shape index (κ2) is 4.82. The van der Waals surface area contributed by atoms with Crippen molar-refractivity contribution in [1.82, 2.24) is 20.1 Å². The van der Waals surface area contributed by atoms with Crippen LogP contribution in [0.5, 0.6) is 0 Å². The lowest BCUT2D eigenvalue weighted by Crippen LogP contribution is -2.21. The van der Waals surface area contributed by atoms with Crippen molar-refractivity contribution >= 4 is 11.3 Å². The summed E-state index contributed by atoms with van der Waals surface area (Å²) < 4.78 is 2.01. The third-order valence-electron chi connectivity index (χ3n) is 3.54. The molecule has 1 unspecified atom stereocenters. The largest absolute Gasteiger partial charge is 0.312 e. The van der Waals surface area contributed by atoms with Gasteiger partial charge in [-0.15, -0.1) is 11.3 Å². The first kappa shape index (κ1) is 11.9. The van der Waals surface area contributed by atoms with Crippen molar-refractivity contribution in [3.05, 3.63) is 22.8 Å². The van der Waals surface area contributed by atoms with Crippen molar-refractivity contribution in [2.24, 2.45) is 0 Å². The fourth-order valence-electron chi connectivity index (χ4n) is 2.58. The summed E-state index contributed by atoms with van der Waals surface area (Å²) in [5.74, 6) is 0. The van der Waals surface area contributed by atoms with Crippen LogP contribution in [-0.4, -0.2) is 21.8 Å². The van der Waals surface area contributed by atoms with Crippen LogP contribution in [-0.2, 0) is 13.0 Å². The summed E-state index contributed by atoms with van der Waals surface area (Å²) in [4.78, 5) is 6.29. The smallest absolute Gasteiger partial charge is 0.142 e. The molecule has 2 heterocycles. The van der Waals surface area contributed by atoms with Gasteiger partial charge in [0, 0.05) is 17.6 Å². The van der Waals surface area contributed by atoms with Gasteiger partial charge in [0.15, 0.2) is 0 Å². The molecule has 0 saturated heterocycles. The van der Waals surface area contributed by atoms with E-state index >= 15 is 0 Å². The number of thiazole rings is 1. The Kier molecular flexibility index (Phi) is 3.18. The Morgan fingerprint density at radius 2 is 2.44 bits per heavy atom. The summed E-state index contributed by atoms with van der Waals surface area (Å²) in [6, 6.07) is 2.49. The van der Waals surface area contributed by atoms with Crippen molar-refractivity contribution in [3.8, 4) is 10.7 Å². The predicted molar refractivity (Wildman–Crippen MR) is 73.7 cm³/mol. The first-order valence-electron chi connectivity index (χ1n) is 6.52. The average Bonchev–Trinajstić information content (AvgIpc) is 3.03. The van der Waals surface area contributed by atoms with Gasteiger partial charge in [-0.2, -0.15) is 5.10 Å². The zero-order chi connectivity index (χ0) is 12.5. The predicted octanol–water partition coefficient (Wildman–Crippen LogP) is 2.62. The van der Waals surface area contributed by atoms with Crippen molar-refractivity contribution in [2.75, 3.05) is 7.05 Å². The number of nitrogens with zero attached hydrogens (tertiary/aromatic N) is 3. The normalized spacial score (nSPS) is 18.9. The van der Waals surface area contributed by atoms with Crippen LogP contribution < -0.4 is 5.32 Å². The number of rotatable bonds is 3. The first-order valence-corrected chi connectivity index (χ1v) is 7.34. The number of hydrogen-bond donors (Lipinski definition) is 1. The quantitative estimate of drug-likeness (QED) is 0.924. The van der Waals surface area contributed by atoms with Gasteiger partial charge >= 0.3 is 0 Å². The van der Waals surface area contributed by atoms with E-state index in [4.69, 9.17) is 4.98 Å². The van der Waals surface area contributed by atoms with Crippen LogP contribution in [0.25, 0.3) is 10.7 Å². The first-order chi connectivity index (χ1) is 8.83. The molecule has 0 bridgehead atoms. The summed E-state index contributed by atoms with van der Waals surface area (Å²) >= 11 is 1.83. The maximum atomic E-state index is 4.85. The van der Waals surface area contributed by atoms with Crippen molar-refractivity contribution in [1.29, 1.82) is 0 Å². The summed E-state index contributed by atoms with van der Waals surface area (Å²) in [6.07, 6.45) is 5.48. The van der Waals surface area contributed by atoms with Crippen LogP contribution in [0.3, 0.4) is 0 Å². The van der Waals surface area contributed by atoms with E-state index in [0.717, 1.165) is 17.2 Å². The molecule has 3 rings (SSSR count). The average molecular weight is 262 g/mol. The minimum absolute atomic E-state index is 0.428. The Morgan fingerprint density at radius 1 is 1.56 bits per heavy atom. The van der Waals surface area contributed by atoms with Crippen molar-refractivity contribution in [2.45, 2.75) is 38.8 Å². The highest BCUT2D eigenvalue weighted by atomic mass is 32.1. The molecule has 1 aliphatic rings. The fraction of sp³-hybridized carbons (Fsp3) is 0.538. The van der Waals surface area contributed by atoms with Gasteiger partial charge < -0.3 is 5.32 Å². The Bertz CT molecular complexity index is 543. The summed E-state index contributed by atoms with van der Waals surface area (Å²) in [7, 11) is 2.02. The lowest BCUT2D eigenvalue weighted by atomic mass is 9.98. The number of hydrogen-bond acceptors (Lipinski definition) is 4. The van der Waals surface area contributed by atoms with Gasteiger partial charge in [-0.3, -0.25) is 4.68 Å². The van der Waals surface area contributed by atoms with Crippen molar-refractivity contribution < 1.29 is 0 Å². The van der Waals surface area contributed by atoms with E-state index in [-0.39, 0.29) is 0 Å². The molecule has 1 N–H and O–H groups in total. The van der Waals surface area contributed by atoms with E-state index < -0.39 is 0 Å². The molecule has 0 aromatic carbocycles. The zero-order valence-electron chi connectivity index (χ0n) is 10.8. The lowest BCUT2D eigenvalue weighted by Gasteiger charge is -2.19. The van der Waals surface area contributed by atoms with Crippen LogP contribution in [0, 0.1) is 0 Å². The van der Waals surface area contributed by atoms with Crippen LogP contribution in [0.1, 0.15) is 36.4 Å². The summed E-state index contributed by atoms with van der Waals surface area (Å²) in [6.45, 7) is 3.00. The van der Waals surface area contributed by atoms with E-state index in [9.17, 15) is 0 Å². The molecular formula is C13H18N4S. The molecule has 1 aliphatic carbocycles. The molecule has 0 spiro atoms. The molecule has 18 heavy (non-hydrogen) atoms. The number of aromatic nitrogens is 3. The van der Waals surface area contributed by atoms with Gasteiger partial charge in [0.2, 0.25) is 0 Å². The van der Waals surface area contributed by atoms with Gasteiger partial charge in [0.25, 0.3) is 0 Å². The molecule has 4 nitrogen and oxygen atoms in total. The van der Waals surface area contributed by atoms with Gasteiger partial charge in [0.05, 0.1) is 17.4 Å². The summed E-state index contributed by atoms with van der Waals surface area (Å²) in [5, 5.41) is 8.81. The highest BCUT2D eigenvalue weighted by Gasteiger charge is 2.24. The Hall–Kier alpha value is -1.20. The van der Waals surface area contributed by atoms with Gasteiger partial charge in [-0.1, -0.05) is 0 Å². The molecule has 96 valence electrons. The van der Waals surface area contributed by atoms with Gasteiger partial charge in [0.1, 0.15) is 5.01 Å². The van der Waals surface area contributed by atoms with Gasteiger partial charge in [-0.25, -0.2) is 4.98 Å². The van der Waals surface area contributed by atoms with E-state index in [0.29, 0.717) is 6.04 Å².